The van der Waals surface area contributed by atoms with E-state index >= 15 is 0 Å². The number of aliphatic hydroxyl groups is 1. The molecule has 0 aliphatic carbocycles. The summed E-state index contributed by atoms with van der Waals surface area (Å²) in [7, 11) is 0. The highest BCUT2D eigenvalue weighted by Crippen LogP contribution is 2.25. The average molecular weight is 339 g/mol. The molecule has 1 amide bonds. The maximum Gasteiger partial charge on any atom is 0.291 e. The zero-order valence-corrected chi connectivity index (χ0v) is 13.8. The molecule has 0 radical (unpaired) electrons. The number of hydrogen-bond acceptors (Lipinski definition) is 4. The molecular formula is C19H17NO3S. The number of aliphatic hydroxyl groups excluding tert-OH is 1. The molecule has 0 saturated heterocycles. The Bertz CT molecular complexity index is 814. The third-order valence-corrected chi connectivity index (χ3v) is 4.52. The molecule has 0 aliphatic heterocycles. The molecule has 122 valence electrons. The summed E-state index contributed by atoms with van der Waals surface area (Å²) in [5, 5.41) is 12.0. The second kappa shape index (κ2) is 7.86. The van der Waals surface area contributed by atoms with Gasteiger partial charge in [0.1, 0.15) is 0 Å². The monoisotopic (exact) mass is 339 g/mol. The molecule has 0 atom stereocenters. The number of furan rings is 1. The van der Waals surface area contributed by atoms with Crippen LogP contribution in [0.3, 0.4) is 0 Å². The van der Waals surface area contributed by atoms with Crippen molar-refractivity contribution in [1.29, 1.82) is 0 Å². The van der Waals surface area contributed by atoms with Crippen LogP contribution in [0.25, 0.3) is 0 Å². The van der Waals surface area contributed by atoms with Crippen LogP contribution in [0, 0.1) is 0 Å². The van der Waals surface area contributed by atoms with Crippen LogP contribution in [0.15, 0.2) is 76.2 Å². The summed E-state index contributed by atoms with van der Waals surface area (Å²) in [5.74, 6) is 0.673. The molecule has 0 saturated carbocycles. The lowest BCUT2D eigenvalue weighted by atomic mass is 10.2. The van der Waals surface area contributed by atoms with Crippen molar-refractivity contribution in [3.63, 3.8) is 0 Å². The third kappa shape index (κ3) is 4.07. The maximum absolute atomic E-state index is 12.4. The molecule has 3 aromatic rings. The number of carbonyl (C=O) groups is 1. The fraction of sp³-hybridized carbons (Fsp3) is 0.105. The quantitative estimate of drug-likeness (QED) is 0.657. The molecule has 5 heteroatoms. The molecule has 3 rings (SSSR count). The van der Waals surface area contributed by atoms with E-state index in [1.54, 1.807) is 36.0 Å². The highest BCUT2D eigenvalue weighted by molar-refractivity contribution is 7.98. The minimum atomic E-state index is -0.293. The minimum Gasteiger partial charge on any atom is -0.459 e. The molecule has 4 nitrogen and oxygen atoms in total. The predicted octanol–water partition coefficient (Wildman–Crippen LogP) is 4.32. The van der Waals surface area contributed by atoms with Gasteiger partial charge in [0.05, 0.1) is 12.9 Å². The Labute approximate surface area is 144 Å². The summed E-state index contributed by atoms with van der Waals surface area (Å²) in [6.45, 7) is -0.0660. The number of rotatable bonds is 6. The van der Waals surface area contributed by atoms with Gasteiger partial charge in [0, 0.05) is 21.9 Å². The topological polar surface area (TPSA) is 62.5 Å². The van der Waals surface area contributed by atoms with Crippen LogP contribution in [-0.4, -0.2) is 11.0 Å². The second-order valence-corrected chi connectivity index (χ2v) is 6.24. The molecular weight excluding hydrogens is 322 g/mol. The summed E-state index contributed by atoms with van der Waals surface area (Å²) >= 11 is 1.65. The van der Waals surface area contributed by atoms with Gasteiger partial charge in [-0.05, 0) is 35.9 Å². The van der Waals surface area contributed by atoms with Crippen LogP contribution in [0.2, 0.25) is 0 Å². The zero-order valence-electron chi connectivity index (χ0n) is 12.9. The average Bonchev–Trinajstić information content (AvgIpc) is 3.10. The van der Waals surface area contributed by atoms with Crippen LogP contribution in [0.4, 0.5) is 5.69 Å². The highest BCUT2D eigenvalue weighted by Gasteiger charge is 2.16. The SMILES string of the molecule is O=C(Nc1cccc(CO)c1)c1occc1CSc1ccccc1. The first-order chi connectivity index (χ1) is 11.8. The number of carbonyl (C=O) groups excluding carboxylic acids is 1. The van der Waals surface area contributed by atoms with E-state index in [1.807, 2.05) is 36.4 Å². The van der Waals surface area contributed by atoms with Crippen LogP contribution in [-0.2, 0) is 12.4 Å². The summed E-state index contributed by atoms with van der Waals surface area (Å²) < 4.78 is 5.37. The van der Waals surface area contributed by atoms with Gasteiger partial charge in [-0.2, -0.15) is 0 Å². The van der Waals surface area contributed by atoms with Crippen molar-refractivity contribution in [3.8, 4) is 0 Å². The lowest BCUT2D eigenvalue weighted by molar-refractivity contribution is 0.0995. The Morgan fingerprint density at radius 2 is 1.92 bits per heavy atom. The van der Waals surface area contributed by atoms with Gasteiger partial charge in [0.2, 0.25) is 0 Å². The van der Waals surface area contributed by atoms with Crippen molar-refractivity contribution in [2.75, 3.05) is 5.32 Å². The van der Waals surface area contributed by atoms with Crippen LogP contribution in [0.1, 0.15) is 21.7 Å². The molecule has 0 aliphatic rings. The highest BCUT2D eigenvalue weighted by atomic mass is 32.2. The number of amides is 1. The van der Waals surface area contributed by atoms with Crippen LogP contribution >= 0.6 is 11.8 Å². The number of nitrogens with one attached hydrogen (secondary N) is 1. The van der Waals surface area contributed by atoms with Gasteiger partial charge >= 0.3 is 0 Å². The normalized spacial score (nSPS) is 10.5. The Hall–Kier alpha value is -2.50. The van der Waals surface area contributed by atoms with Gasteiger partial charge in [-0.15, -0.1) is 11.8 Å². The van der Waals surface area contributed by atoms with Crippen LogP contribution in [0.5, 0.6) is 0 Å². The van der Waals surface area contributed by atoms with Crippen molar-refractivity contribution >= 4 is 23.4 Å². The fourth-order valence-corrected chi connectivity index (χ4v) is 3.16. The summed E-state index contributed by atoms with van der Waals surface area (Å²) in [6, 6.07) is 18.9. The molecule has 24 heavy (non-hydrogen) atoms. The first-order valence-electron chi connectivity index (χ1n) is 7.51. The van der Waals surface area contributed by atoms with E-state index in [9.17, 15) is 4.79 Å². The van der Waals surface area contributed by atoms with Crippen molar-refractivity contribution in [2.24, 2.45) is 0 Å². The van der Waals surface area contributed by atoms with E-state index in [4.69, 9.17) is 9.52 Å². The standard InChI is InChI=1S/C19H17NO3S/c21-12-14-5-4-6-16(11-14)20-19(22)18-15(9-10-23-18)13-24-17-7-2-1-3-8-17/h1-11,21H,12-13H2,(H,20,22). The molecule has 0 spiro atoms. The lowest BCUT2D eigenvalue weighted by Crippen LogP contribution is -2.12. The maximum atomic E-state index is 12.4. The van der Waals surface area contributed by atoms with Crippen LogP contribution < -0.4 is 5.32 Å². The minimum absolute atomic E-state index is 0.0660. The van der Waals surface area contributed by atoms with Crippen molar-refractivity contribution in [3.05, 3.63) is 83.8 Å². The van der Waals surface area contributed by atoms with Gasteiger partial charge in [-0.3, -0.25) is 4.79 Å². The summed E-state index contributed by atoms with van der Waals surface area (Å²) in [6.07, 6.45) is 1.53. The number of benzene rings is 2. The number of thioether (sulfide) groups is 1. The van der Waals surface area contributed by atoms with E-state index < -0.39 is 0 Å². The summed E-state index contributed by atoms with van der Waals surface area (Å²) in [5.41, 5.74) is 2.22. The predicted molar refractivity (Wildman–Crippen MR) is 95.0 cm³/mol. The largest absolute Gasteiger partial charge is 0.459 e. The molecule has 2 N–H and O–H groups in total. The fourth-order valence-electron chi connectivity index (χ4n) is 2.26. The lowest BCUT2D eigenvalue weighted by Gasteiger charge is -2.06. The second-order valence-electron chi connectivity index (χ2n) is 5.19. The Balaban J connectivity index is 1.68. The van der Waals surface area contributed by atoms with Gasteiger partial charge in [-0.25, -0.2) is 0 Å². The van der Waals surface area contributed by atoms with E-state index in [-0.39, 0.29) is 12.5 Å². The number of hydrogen-bond donors (Lipinski definition) is 2. The van der Waals surface area contributed by atoms with Gasteiger partial charge < -0.3 is 14.8 Å². The summed E-state index contributed by atoms with van der Waals surface area (Å²) in [4.78, 5) is 13.6. The zero-order chi connectivity index (χ0) is 16.8. The van der Waals surface area contributed by atoms with Crippen molar-refractivity contribution < 1.29 is 14.3 Å². The first-order valence-corrected chi connectivity index (χ1v) is 8.50. The molecule has 0 bridgehead atoms. The molecule has 2 aromatic carbocycles. The first kappa shape index (κ1) is 16.4. The number of anilines is 1. The molecule has 1 aromatic heterocycles. The Kier molecular flexibility index (Phi) is 5.36. The van der Waals surface area contributed by atoms with Gasteiger partial charge in [0.25, 0.3) is 5.91 Å². The van der Waals surface area contributed by atoms with E-state index in [0.29, 0.717) is 17.2 Å². The van der Waals surface area contributed by atoms with Crippen molar-refractivity contribution in [1.82, 2.24) is 0 Å². The Morgan fingerprint density at radius 3 is 2.71 bits per heavy atom. The molecule has 0 fully saturated rings. The molecule has 1 heterocycles. The van der Waals surface area contributed by atoms with Gasteiger partial charge in [-0.1, -0.05) is 30.3 Å². The Morgan fingerprint density at radius 1 is 1.08 bits per heavy atom. The van der Waals surface area contributed by atoms with Gasteiger partial charge in [0.15, 0.2) is 5.76 Å². The van der Waals surface area contributed by atoms with E-state index in [1.165, 1.54) is 6.26 Å². The van der Waals surface area contributed by atoms with E-state index in [0.717, 1.165) is 16.0 Å². The molecule has 0 unspecified atom stereocenters. The third-order valence-electron chi connectivity index (χ3n) is 3.46. The van der Waals surface area contributed by atoms with Crippen molar-refractivity contribution in [2.45, 2.75) is 17.3 Å². The van der Waals surface area contributed by atoms with E-state index in [2.05, 4.69) is 5.32 Å². The smallest absolute Gasteiger partial charge is 0.291 e.